The van der Waals surface area contributed by atoms with Gasteiger partial charge in [0.05, 0.1) is 0 Å². The molecule has 3 N–H and O–H groups in total. The van der Waals surface area contributed by atoms with Crippen LogP contribution in [-0.2, 0) is 6.54 Å². The zero-order valence-electron chi connectivity index (χ0n) is 7.11. The molecule has 0 aliphatic rings. The van der Waals surface area contributed by atoms with Gasteiger partial charge >= 0.3 is 6.54 Å². The normalized spacial score (nSPS) is 11.7. The molecule has 1 aromatic carbocycles. The average molecular weight is 226 g/mol. The highest BCUT2D eigenvalue weighted by Crippen LogP contribution is 2.19. The van der Waals surface area contributed by atoms with Gasteiger partial charge in [0.15, 0.2) is 11.6 Å². The van der Waals surface area contributed by atoms with Gasteiger partial charge in [-0.2, -0.15) is 4.39 Å². The Balaban J connectivity index is 0.00000169. The summed E-state index contributed by atoms with van der Waals surface area (Å²) >= 11 is 0. The van der Waals surface area contributed by atoms with Crippen molar-refractivity contribution in [2.75, 3.05) is 0 Å². The molecule has 0 bridgehead atoms. The van der Waals surface area contributed by atoms with Crippen molar-refractivity contribution in [2.45, 2.75) is 13.1 Å². The first-order valence-electron chi connectivity index (χ1n) is 3.61. The minimum atomic E-state index is -2.53. The zero-order valence-corrected chi connectivity index (χ0v) is 7.93. The maximum atomic E-state index is 12.8. The van der Waals surface area contributed by atoms with E-state index in [1.165, 1.54) is 12.1 Å². The molecule has 80 valence electrons. The molecule has 1 aromatic rings. The lowest BCUT2D eigenvalue weighted by Gasteiger charge is -2.07. The van der Waals surface area contributed by atoms with Crippen molar-refractivity contribution >= 4 is 12.4 Å². The first kappa shape index (κ1) is 13.1. The minimum absolute atomic E-state index is 0. The highest BCUT2D eigenvalue weighted by molar-refractivity contribution is 5.85. The second-order valence-electron chi connectivity index (χ2n) is 2.38. The average Bonchev–Trinajstić information content (AvgIpc) is 2.08. The van der Waals surface area contributed by atoms with Gasteiger partial charge < -0.3 is 15.6 Å². The first-order chi connectivity index (χ1) is 6.13. The molecule has 1 rings (SSSR count). The number of ether oxygens (including phenoxy) is 1. The number of nitrogens with two attached hydrogens (primary N) is 1. The van der Waals surface area contributed by atoms with Crippen LogP contribution in [0.15, 0.2) is 18.2 Å². The van der Waals surface area contributed by atoms with Crippen LogP contribution in [0.25, 0.3) is 0 Å². The van der Waals surface area contributed by atoms with E-state index in [-0.39, 0.29) is 24.7 Å². The van der Waals surface area contributed by atoms with E-state index >= 15 is 0 Å². The van der Waals surface area contributed by atoms with E-state index in [4.69, 9.17) is 10.8 Å². The van der Waals surface area contributed by atoms with Crippen molar-refractivity contribution in [3.8, 4) is 5.75 Å². The topological polar surface area (TPSA) is 55.5 Å². The van der Waals surface area contributed by atoms with E-state index in [0.717, 1.165) is 6.07 Å². The van der Waals surface area contributed by atoms with Gasteiger partial charge in [-0.3, -0.25) is 0 Å². The number of hydrogen-bond donors (Lipinski definition) is 2. The Kier molecular flexibility index (Phi) is 5.37. The van der Waals surface area contributed by atoms with Crippen molar-refractivity contribution in [3.05, 3.63) is 29.6 Å². The predicted molar refractivity (Wildman–Crippen MR) is 49.3 cm³/mol. The highest BCUT2D eigenvalue weighted by Gasteiger charge is 2.08. The largest absolute Gasteiger partial charge is 0.435 e. The lowest BCUT2D eigenvalue weighted by atomic mass is 10.2. The summed E-state index contributed by atoms with van der Waals surface area (Å²) in [6.45, 7) is -2.33. The Hall–Kier alpha value is -0.910. The summed E-state index contributed by atoms with van der Waals surface area (Å²) in [6.07, 6.45) is 0. The fourth-order valence-corrected chi connectivity index (χ4v) is 0.870. The standard InChI is InChI=1S/C8H9F2NO2.ClH/c9-6-2-1-5(4-11)3-7(6)13-8(10)12;/h1-3,8,12H,4,11H2;1H. The molecule has 0 aromatic heterocycles. The van der Waals surface area contributed by atoms with Gasteiger partial charge in [-0.05, 0) is 17.7 Å². The molecular weight excluding hydrogens is 216 g/mol. The molecule has 0 saturated heterocycles. The molecule has 0 spiro atoms. The molecule has 1 atom stereocenters. The third-order valence-electron chi connectivity index (χ3n) is 1.46. The number of hydrogen-bond acceptors (Lipinski definition) is 3. The van der Waals surface area contributed by atoms with Gasteiger partial charge in [-0.1, -0.05) is 6.07 Å². The van der Waals surface area contributed by atoms with E-state index in [9.17, 15) is 8.78 Å². The summed E-state index contributed by atoms with van der Waals surface area (Å²) in [6, 6.07) is 3.78. The monoisotopic (exact) mass is 225 g/mol. The quantitative estimate of drug-likeness (QED) is 0.763. The van der Waals surface area contributed by atoms with E-state index < -0.39 is 12.4 Å². The third kappa shape index (κ3) is 3.45. The summed E-state index contributed by atoms with van der Waals surface area (Å²) in [7, 11) is 0. The summed E-state index contributed by atoms with van der Waals surface area (Å²) in [5.41, 5.74) is 5.86. The number of rotatable bonds is 3. The van der Waals surface area contributed by atoms with Crippen LogP contribution in [0.4, 0.5) is 8.78 Å². The van der Waals surface area contributed by atoms with Crippen LogP contribution in [-0.4, -0.2) is 11.7 Å². The van der Waals surface area contributed by atoms with Gasteiger partial charge in [0.25, 0.3) is 0 Å². The van der Waals surface area contributed by atoms with E-state index in [1.807, 2.05) is 0 Å². The van der Waals surface area contributed by atoms with E-state index in [0.29, 0.717) is 5.56 Å². The van der Waals surface area contributed by atoms with E-state index in [1.54, 1.807) is 0 Å². The summed E-state index contributed by atoms with van der Waals surface area (Å²) in [5.74, 6) is -1.09. The van der Waals surface area contributed by atoms with Crippen molar-refractivity contribution in [2.24, 2.45) is 5.73 Å². The van der Waals surface area contributed by atoms with Gasteiger partial charge in [0.1, 0.15) is 0 Å². The minimum Gasteiger partial charge on any atom is -0.435 e. The maximum absolute atomic E-state index is 12.8. The summed E-state index contributed by atoms with van der Waals surface area (Å²) in [5, 5.41) is 8.21. The van der Waals surface area contributed by atoms with Gasteiger partial charge in [-0.25, -0.2) is 4.39 Å². The molecule has 0 heterocycles. The van der Waals surface area contributed by atoms with Gasteiger partial charge in [-0.15, -0.1) is 12.4 Å². The number of benzene rings is 1. The summed E-state index contributed by atoms with van der Waals surface area (Å²) in [4.78, 5) is 0. The molecule has 1 unspecified atom stereocenters. The van der Waals surface area contributed by atoms with Crippen molar-refractivity contribution in [1.82, 2.24) is 0 Å². The third-order valence-corrected chi connectivity index (χ3v) is 1.46. The molecule has 0 aliphatic carbocycles. The molecule has 0 fully saturated rings. The Morgan fingerprint density at radius 3 is 2.64 bits per heavy atom. The van der Waals surface area contributed by atoms with Crippen LogP contribution in [0.2, 0.25) is 0 Å². The Bertz CT molecular complexity index is 297. The van der Waals surface area contributed by atoms with Crippen molar-refractivity contribution in [3.63, 3.8) is 0 Å². The van der Waals surface area contributed by atoms with Crippen LogP contribution in [0.1, 0.15) is 5.56 Å². The van der Waals surface area contributed by atoms with Crippen molar-refractivity contribution in [1.29, 1.82) is 0 Å². The number of aliphatic hydroxyl groups excluding tert-OH is 1. The summed E-state index contributed by atoms with van der Waals surface area (Å²) < 4.78 is 28.9. The van der Waals surface area contributed by atoms with Gasteiger partial charge in [0, 0.05) is 6.54 Å². The first-order valence-corrected chi connectivity index (χ1v) is 3.61. The second-order valence-corrected chi connectivity index (χ2v) is 2.38. The Morgan fingerprint density at radius 2 is 2.14 bits per heavy atom. The number of halogens is 3. The van der Waals surface area contributed by atoms with Crippen molar-refractivity contribution < 1.29 is 18.6 Å². The lowest BCUT2D eigenvalue weighted by Crippen LogP contribution is -2.09. The van der Waals surface area contributed by atoms with Crippen LogP contribution in [0.5, 0.6) is 5.75 Å². The maximum Gasteiger partial charge on any atom is 0.350 e. The Morgan fingerprint density at radius 1 is 1.50 bits per heavy atom. The SMILES string of the molecule is Cl.NCc1ccc(F)c(OC(O)F)c1. The smallest absolute Gasteiger partial charge is 0.350 e. The molecule has 6 heteroatoms. The molecule has 0 radical (unpaired) electrons. The van der Waals surface area contributed by atoms with Crippen LogP contribution in [0, 0.1) is 5.82 Å². The lowest BCUT2D eigenvalue weighted by molar-refractivity contribution is -0.121. The van der Waals surface area contributed by atoms with Gasteiger partial charge in [0.2, 0.25) is 0 Å². The molecule has 14 heavy (non-hydrogen) atoms. The fraction of sp³-hybridized carbons (Fsp3) is 0.250. The molecule has 3 nitrogen and oxygen atoms in total. The Labute approximate surface area is 85.9 Å². The molecule has 0 saturated carbocycles. The van der Waals surface area contributed by atoms with Crippen LogP contribution < -0.4 is 10.5 Å². The van der Waals surface area contributed by atoms with Crippen LogP contribution >= 0.6 is 12.4 Å². The number of aliphatic hydroxyl groups is 1. The van der Waals surface area contributed by atoms with Crippen LogP contribution in [0.3, 0.4) is 0 Å². The fourth-order valence-electron chi connectivity index (χ4n) is 0.870. The molecule has 0 aliphatic heterocycles. The predicted octanol–water partition coefficient (Wildman–Crippen LogP) is 1.33. The number of alkyl halides is 1. The molecular formula is C8H10ClF2NO2. The zero-order chi connectivity index (χ0) is 9.84. The second kappa shape index (κ2) is 5.74. The highest BCUT2D eigenvalue weighted by atomic mass is 35.5. The van der Waals surface area contributed by atoms with E-state index in [2.05, 4.69) is 4.74 Å². The molecule has 0 amide bonds.